The zero-order chi connectivity index (χ0) is 20.1. The molecule has 2 atom stereocenters. The molecule has 0 radical (unpaired) electrons. The van der Waals surface area contributed by atoms with E-state index in [0.29, 0.717) is 0 Å². The Hall–Kier alpha value is 0.0600. The minimum Gasteiger partial charge on any atom is -0.286 e. The maximum atomic E-state index is 12.9. The topological polar surface area (TPSA) is 78.9 Å². The predicted molar refractivity (Wildman–Crippen MR) is 107 cm³/mol. The summed E-state index contributed by atoms with van der Waals surface area (Å²) in [5, 5.41) is 0. The number of unbranched alkanes of at least 4 members (excludes halogenated alkanes) is 2. The molecule has 0 heterocycles. The first-order valence-electron chi connectivity index (χ1n) is 10.1. The maximum Gasteiger partial charge on any atom is 0.489 e. The van der Waals surface area contributed by atoms with Crippen molar-refractivity contribution in [3.63, 3.8) is 0 Å². The Morgan fingerprint density at radius 2 is 1.23 bits per heavy atom. The van der Waals surface area contributed by atoms with Crippen molar-refractivity contribution in [3.8, 4) is 0 Å². The summed E-state index contributed by atoms with van der Waals surface area (Å²) in [7, 11) is -8.08. The second kappa shape index (κ2) is 14.1. The summed E-state index contributed by atoms with van der Waals surface area (Å²) in [5.74, 6) is 0.146. The van der Waals surface area contributed by atoms with Gasteiger partial charge < -0.3 is 0 Å². The monoisotopic (exact) mass is 414 g/mol. The molecule has 2 unspecified atom stereocenters. The van der Waals surface area contributed by atoms with E-state index in [4.69, 9.17) is 13.0 Å². The van der Waals surface area contributed by atoms with Gasteiger partial charge in [0.25, 0.3) is 10.1 Å². The van der Waals surface area contributed by atoms with E-state index in [-0.39, 0.29) is 30.8 Å². The van der Waals surface area contributed by atoms with E-state index < -0.39 is 17.9 Å². The lowest BCUT2D eigenvalue weighted by Gasteiger charge is -2.22. The van der Waals surface area contributed by atoms with Gasteiger partial charge in [-0.2, -0.15) is 12.4 Å². The average Bonchev–Trinajstić information content (AvgIpc) is 2.61. The molecule has 6 nitrogen and oxygen atoms in total. The van der Waals surface area contributed by atoms with Gasteiger partial charge in [-0.05, 0) is 31.6 Å². The van der Waals surface area contributed by atoms with Gasteiger partial charge in [0.1, 0.15) is 0 Å². The zero-order valence-corrected chi connectivity index (χ0v) is 18.9. The number of phosphoric acid groups is 1. The van der Waals surface area contributed by atoms with Crippen LogP contribution in [0.15, 0.2) is 0 Å². The molecule has 0 aromatic heterocycles. The van der Waals surface area contributed by atoms with Gasteiger partial charge in [-0.1, -0.05) is 66.2 Å². The SMILES string of the molecule is CCCCC(CC)COP(=O)(OCC(CC)CCCC)OS(=O)(=O)CC. The van der Waals surface area contributed by atoms with Crippen molar-refractivity contribution >= 4 is 17.9 Å². The van der Waals surface area contributed by atoms with Crippen LogP contribution in [0.25, 0.3) is 0 Å². The third-order valence-corrected chi connectivity index (χ3v) is 7.86. The van der Waals surface area contributed by atoms with Crippen LogP contribution in [0.1, 0.15) is 86.0 Å². The summed E-state index contributed by atoms with van der Waals surface area (Å²) in [6, 6.07) is 0. The van der Waals surface area contributed by atoms with Crippen molar-refractivity contribution in [2.45, 2.75) is 86.0 Å². The van der Waals surface area contributed by atoms with Crippen LogP contribution in [0, 0.1) is 11.8 Å². The summed E-state index contributed by atoms with van der Waals surface area (Å²) in [6.07, 6.45) is 7.88. The van der Waals surface area contributed by atoms with Gasteiger partial charge in [-0.25, -0.2) is 4.57 Å². The largest absolute Gasteiger partial charge is 0.489 e. The lowest BCUT2D eigenvalue weighted by atomic mass is 10.0. The fourth-order valence-electron chi connectivity index (χ4n) is 2.46. The first-order chi connectivity index (χ1) is 12.3. The van der Waals surface area contributed by atoms with Crippen LogP contribution in [0.3, 0.4) is 0 Å². The number of hydrogen-bond donors (Lipinski definition) is 0. The Bertz CT molecular complexity index is 470. The molecule has 0 fully saturated rings. The molecule has 0 aromatic carbocycles. The van der Waals surface area contributed by atoms with Gasteiger partial charge in [0.2, 0.25) is 0 Å². The van der Waals surface area contributed by atoms with E-state index in [9.17, 15) is 13.0 Å². The van der Waals surface area contributed by atoms with E-state index in [1.54, 1.807) is 0 Å². The van der Waals surface area contributed by atoms with Crippen molar-refractivity contribution in [1.29, 1.82) is 0 Å². The predicted octanol–water partition coefficient (Wildman–Crippen LogP) is 5.93. The van der Waals surface area contributed by atoms with Crippen LogP contribution < -0.4 is 0 Å². The van der Waals surface area contributed by atoms with Crippen LogP contribution in [0.4, 0.5) is 0 Å². The van der Waals surface area contributed by atoms with Crippen molar-refractivity contribution < 1.29 is 26.0 Å². The number of hydrogen-bond acceptors (Lipinski definition) is 6. The molecule has 8 heteroatoms. The first kappa shape index (κ1) is 26.1. The standard InChI is InChI=1S/C18H39O6PS/c1-6-11-13-17(8-3)15-22-25(19,24-26(20,21)10-5)23-16-18(9-4)14-12-7-2/h17-18H,6-16H2,1-5H3. The highest BCUT2D eigenvalue weighted by molar-refractivity contribution is 7.90. The third kappa shape index (κ3) is 11.7. The van der Waals surface area contributed by atoms with Gasteiger partial charge in [0.05, 0.1) is 19.0 Å². The second-order valence-corrected chi connectivity index (χ2v) is 10.5. The smallest absolute Gasteiger partial charge is 0.286 e. The van der Waals surface area contributed by atoms with Crippen LogP contribution >= 0.6 is 7.82 Å². The molecule has 0 spiro atoms. The molecular formula is C18H39O6PS. The molecule has 0 bridgehead atoms. The molecule has 0 aliphatic heterocycles. The Balaban J connectivity index is 4.97. The molecule has 0 rings (SSSR count). The van der Waals surface area contributed by atoms with E-state index in [2.05, 4.69) is 13.8 Å². The number of phosphoric ester groups is 1. The Kier molecular flexibility index (Phi) is 14.1. The normalized spacial score (nSPS) is 17.0. The van der Waals surface area contributed by atoms with Gasteiger partial charge in [-0.15, -0.1) is 0 Å². The highest BCUT2D eigenvalue weighted by atomic mass is 32.2. The Labute approximate surface area is 161 Å². The molecule has 0 aliphatic carbocycles. The van der Waals surface area contributed by atoms with E-state index in [1.807, 2.05) is 13.8 Å². The van der Waals surface area contributed by atoms with Crippen molar-refractivity contribution in [2.75, 3.05) is 19.0 Å². The van der Waals surface area contributed by atoms with Gasteiger partial charge in [-0.3, -0.25) is 9.05 Å². The lowest BCUT2D eigenvalue weighted by Crippen LogP contribution is -2.16. The minimum atomic E-state index is -4.14. The minimum absolute atomic E-state index is 0.179. The second-order valence-electron chi connectivity index (χ2n) is 6.79. The van der Waals surface area contributed by atoms with Crippen LogP contribution in [0.5, 0.6) is 0 Å². The fourth-order valence-corrected chi connectivity index (χ4v) is 5.20. The highest BCUT2D eigenvalue weighted by Gasteiger charge is 2.34. The van der Waals surface area contributed by atoms with E-state index >= 15 is 0 Å². The quantitative estimate of drug-likeness (QED) is 0.275. The summed E-state index contributed by atoms with van der Waals surface area (Å²) < 4.78 is 52.4. The van der Waals surface area contributed by atoms with Gasteiger partial charge in [0.15, 0.2) is 0 Å². The van der Waals surface area contributed by atoms with E-state index in [1.165, 1.54) is 6.92 Å². The summed E-state index contributed by atoms with van der Waals surface area (Å²) in [4.78, 5) is 0. The van der Waals surface area contributed by atoms with Crippen molar-refractivity contribution in [1.82, 2.24) is 0 Å². The van der Waals surface area contributed by atoms with Gasteiger partial charge >= 0.3 is 7.82 Å². The average molecular weight is 415 g/mol. The van der Waals surface area contributed by atoms with Crippen LogP contribution in [-0.2, 0) is 27.7 Å². The Morgan fingerprint density at radius 1 is 0.808 bits per heavy atom. The highest BCUT2D eigenvalue weighted by Crippen LogP contribution is 2.52. The third-order valence-electron chi connectivity index (χ3n) is 4.58. The molecule has 26 heavy (non-hydrogen) atoms. The molecule has 0 saturated carbocycles. The van der Waals surface area contributed by atoms with Crippen LogP contribution in [0.2, 0.25) is 0 Å². The van der Waals surface area contributed by atoms with Gasteiger partial charge in [0, 0.05) is 0 Å². The molecule has 158 valence electrons. The number of rotatable bonds is 17. The first-order valence-corrected chi connectivity index (χ1v) is 13.1. The molecule has 0 N–H and O–H groups in total. The summed E-state index contributed by atoms with van der Waals surface area (Å²) in [6.45, 7) is 10.1. The Morgan fingerprint density at radius 3 is 1.54 bits per heavy atom. The van der Waals surface area contributed by atoms with E-state index in [0.717, 1.165) is 51.4 Å². The van der Waals surface area contributed by atoms with Crippen molar-refractivity contribution in [2.24, 2.45) is 11.8 Å². The maximum absolute atomic E-state index is 12.9. The summed E-state index contributed by atoms with van der Waals surface area (Å²) >= 11 is 0. The molecule has 0 aromatic rings. The molecule has 0 saturated heterocycles. The summed E-state index contributed by atoms with van der Waals surface area (Å²) in [5.41, 5.74) is 0. The van der Waals surface area contributed by atoms with Crippen molar-refractivity contribution in [3.05, 3.63) is 0 Å². The molecule has 0 amide bonds. The zero-order valence-electron chi connectivity index (χ0n) is 17.2. The molecular weight excluding hydrogens is 375 g/mol. The van der Waals surface area contributed by atoms with Crippen LogP contribution in [-0.4, -0.2) is 27.4 Å². The fraction of sp³-hybridized carbons (Fsp3) is 1.00. The lowest BCUT2D eigenvalue weighted by molar-refractivity contribution is 0.117. The molecule has 0 aliphatic rings.